The lowest BCUT2D eigenvalue weighted by Gasteiger charge is -2.16. The maximum absolute atomic E-state index is 12.8. The fourth-order valence-electron chi connectivity index (χ4n) is 2.66. The minimum Gasteiger partial charge on any atom is -0.379 e. The van der Waals surface area contributed by atoms with Gasteiger partial charge in [0.25, 0.3) is 0 Å². The van der Waals surface area contributed by atoms with Crippen molar-refractivity contribution in [1.29, 1.82) is 0 Å². The van der Waals surface area contributed by atoms with Gasteiger partial charge in [-0.05, 0) is 84.6 Å². The zero-order valence-corrected chi connectivity index (χ0v) is 15.2. The molecule has 0 fully saturated rings. The molecule has 0 saturated heterocycles. The lowest BCUT2D eigenvalue weighted by molar-refractivity contribution is 0.484. The second-order valence-electron chi connectivity index (χ2n) is 5.88. The molecule has 0 aliphatic carbocycles. The number of hydrogen-bond donors (Lipinski definition) is 0. The first kappa shape index (κ1) is 17.1. The minimum atomic E-state index is -3.93. The van der Waals surface area contributed by atoms with Crippen molar-refractivity contribution in [1.82, 2.24) is 20.2 Å². The Morgan fingerprint density at radius 2 is 1.56 bits per heavy atom. The average molecular weight is 358 g/mol. The summed E-state index contributed by atoms with van der Waals surface area (Å²) >= 11 is 0. The molecule has 0 aliphatic heterocycles. The monoisotopic (exact) mass is 358 g/mol. The molecule has 25 heavy (non-hydrogen) atoms. The number of nitrogens with zero attached hydrogens (tertiary/aromatic N) is 4. The summed E-state index contributed by atoms with van der Waals surface area (Å²) in [6, 6.07) is 8.49. The first-order chi connectivity index (χ1) is 11.8. The van der Waals surface area contributed by atoms with Crippen molar-refractivity contribution in [2.24, 2.45) is 0 Å². The predicted molar refractivity (Wildman–Crippen MR) is 92.4 cm³/mol. The molecule has 0 unspecified atom stereocenters. The van der Waals surface area contributed by atoms with Gasteiger partial charge >= 0.3 is 10.1 Å². The van der Waals surface area contributed by atoms with Crippen molar-refractivity contribution in [3.05, 3.63) is 58.9 Å². The molecular weight excluding hydrogens is 340 g/mol. The lowest BCUT2D eigenvalue weighted by atomic mass is 10.0. The molecule has 0 amide bonds. The fraction of sp³-hybridized carbons (Fsp3) is 0.235. The predicted octanol–water partition coefficient (Wildman–Crippen LogP) is 2.66. The molecule has 7 nitrogen and oxygen atoms in total. The molecule has 0 spiro atoms. The number of rotatable bonds is 4. The molecule has 0 aliphatic rings. The molecule has 3 aromatic rings. The third-order valence-electron chi connectivity index (χ3n) is 4.20. The molecule has 130 valence electrons. The van der Waals surface area contributed by atoms with Gasteiger partial charge in [0.05, 0.1) is 5.69 Å². The molecule has 1 aromatic heterocycles. The minimum absolute atomic E-state index is 0.231. The summed E-state index contributed by atoms with van der Waals surface area (Å²) in [6.45, 7) is 7.36. The third-order valence-corrected chi connectivity index (χ3v) is 5.73. The molecule has 0 atom stereocenters. The molecule has 0 N–H and O–H groups in total. The van der Waals surface area contributed by atoms with Crippen LogP contribution in [0, 0.1) is 27.7 Å². The van der Waals surface area contributed by atoms with Crippen molar-refractivity contribution in [2.75, 3.05) is 0 Å². The van der Waals surface area contributed by atoms with Crippen molar-refractivity contribution in [3.63, 3.8) is 0 Å². The number of aromatic nitrogens is 4. The van der Waals surface area contributed by atoms with Gasteiger partial charge in [-0.1, -0.05) is 6.07 Å². The Hall–Kier alpha value is -2.74. The van der Waals surface area contributed by atoms with E-state index < -0.39 is 10.1 Å². The average Bonchev–Trinajstić information content (AvgIpc) is 3.08. The Bertz CT molecular complexity index is 985. The van der Waals surface area contributed by atoms with E-state index in [1.165, 1.54) is 11.0 Å². The van der Waals surface area contributed by atoms with Gasteiger partial charge in [0.15, 0.2) is 0 Å². The van der Waals surface area contributed by atoms with E-state index in [2.05, 4.69) is 15.5 Å². The van der Waals surface area contributed by atoms with Gasteiger partial charge in [-0.15, -0.1) is 5.10 Å². The SMILES string of the molecule is Cc1cc(C)c(C)c(S(=O)(=O)Oc2ccc(-n3cnnn3)cc2)c1C. The maximum atomic E-state index is 12.8. The van der Waals surface area contributed by atoms with Gasteiger partial charge in [0.2, 0.25) is 0 Å². The highest BCUT2D eigenvalue weighted by molar-refractivity contribution is 7.87. The van der Waals surface area contributed by atoms with Gasteiger partial charge in [-0.25, -0.2) is 4.68 Å². The van der Waals surface area contributed by atoms with Crippen LogP contribution in [0.5, 0.6) is 5.75 Å². The Balaban J connectivity index is 1.95. The lowest BCUT2D eigenvalue weighted by Crippen LogP contribution is -2.14. The Morgan fingerprint density at radius 3 is 2.08 bits per heavy atom. The quantitative estimate of drug-likeness (QED) is 0.667. The summed E-state index contributed by atoms with van der Waals surface area (Å²) in [5, 5.41) is 10.9. The highest BCUT2D eigenvalue weighted by atomic mass is 32.2. The van der Waals surface area contributed by atoms with E-state index in [0.29, 0.717) is 16.8 Å². The van der Waals surface area contributed by atoms with Gasteiger partial charge in [0, 0.05) is 0 Å². The van der Waals surface area contributed by atoms with Crippen LogP contribution in [0.2, 0.25) is 0 Å². The van der Waals surface area contributed by atoms with Crippen molar-refractivity contribution >= 4 is 10.1 Å². The van der Waals surface area contributed by atoms with Gasteiger partial charge < -0.3 is 4.18 Å². The Kier molecular flexibility index (Phi) is 4.30. The van der Waals surface area contributed by atoms with Gasteiger partial charge in [-0.3, -0.25) is 0 Å². The maximum Gasteiger partial charge on any atom is 0.339 e. The number of tetrazole rings is 1. The zero-order chi connectivity index (χ0) is 18.2. The number of hydrogen-bond acceptors (Lipinski definition) is 6. The highest BCUT2D eigenvalue weighted by Crippen LogP contribution is 2.29. The smallest absolute Gasteiger partial charge is 0.339 e. The summed E-state index contributed by atoms with van der Waals surface area (Å²) in [4.78, 5) is 0.231. The van der Waals surface area contributed by atoms with Crippen LogP contribution in [0.25, 0.3) is 5.69 Å². The number of aryl methyl sites for hydroxylation is 2. The van der Waals surface area contributed by atoms with Gasteiger partial charge in [-0.2, -0.15) is 8.42 Å². The summed E-state index contributed by atoms with van der Waals surface area (Å²) in [7, 11) is -3.93. The van der Waals surface area contributed by atoms with Crippen LogP contribution >= 0.6 is 0 Å². The molecule has 0 bridgehead atoms. The first-order valence-corrected chi connectivity index (χ1v) is 9.06. The zero-order valence-electron chi connectivity index (χ0n) is 14.4. The molecule has 8 heteroatoms. The standard InChI is InChI=1S/C17H18N4O3S/c1-11-9-12(2)14(4)17(13(11)3)25(22,23)24-16-7-5-15(6-8-16)21-10-18-19-20-21/h5-10H,1-4H3. The second-order valence-corrected chi connectivity index (χ2v) is 7.36. The van der Waals surface area contributed by atoms with E-state index in [1.54, 1.807) is 38.1 Å². The van der Waals surface area contributed by atoms with E-state index in [-0.39, 0.29) is 10.6 Å². The van der Waals surface area contributed by atoms with Crippen LogP contribution in [0.1, 0.15) is 22.3 Å². The molecule has 1 heterocycles. The fourth-order valence-corrected chi connectivity index (χ4v) is 4.18. The van der Waals surface area contributed by atoms with Crippen LogP contribution in [0.15, 0.2) is 41.6 Å². The molecule has 3 rings (SSSR count). The molecule has 0 radical (unpaired) electrons. The summed E-state index contributed by atoms with van der Waals surface area (Å²) in [6.07, 6.45) is 1.45. The van der Waals surface area contributed by atoms with Crippen LogP contribution in [0.4, 0.5) is 0 Å². The van der Waals surface area contributed by atoms with Crippen LogP contribution in [0.3, 0.4) is 0 Å². The first-order valence-electron chi connectivity index (χ1n) is 7.65. The van der Waals surface area contributed by atoms with Crippen molar-refractivity contribution in [2.45, 2.75) is 32.6 Å². The summed E-state index contributed by atoms with van der Waals surface area (Å²) < 4.78 is 32.4. The second kappa shape index (κ2) is 6.29. The summed E-state index contributed by atoms with van der Waals surface area (Å²) in [5.41, 5.74) is 3.94. The van der Waals surface area contributed by atoms with Crippen LogP contribution < -0.4 is 4.18 Å². The molecule has 2 aromatic carbocycles. The Morgan fingerprint density at radius 1 is 0.960 bits per heavy atom. The van der Waals surface area contributed by atoms with E-state index in [9.17, 15) is 8.42 Å². The van der Waals surface area contributed by atoms with E-state index in [4.69, 9.17) is 4.18 Å². The number of benzene rings is 2. The van der Waals surface area contributed by atoms with Gasteiger partial charge in [0.1, 0.15) is 17.0 Å². The summed E-state index contributed by atoms with van der Waals surface area (Å²) in [5.74, 6) is 0.231. The molecular formula is C17H18N4O3S. The third kappa shape index (κ3) is 3.25. The van der Waals surface area contributed by atoms with E-state index in [1.807, 2.05) is 19.9 Å². The Labute approximate surface area is 146 Å². The normalized spacial score (nSPS) is 11.5. The van der Waals surface area contributed by atoms with E-state index >= 15 is 0 Å². The largest absolute Gasteiger partial charge is 0.379 e. The van der Waals surface area contributed by atoms with Crippen LogP contribution in [-0.2, 0) is 10.1 Å². The molecule has 0 saturated carbocycles. The van der Waals surface area contributed by atoms with Crippen molar-refractivity contribution < 1.29 is 12.6 Å². The highest BCUT2D eigenvalue weighted by Gasteiger charge is 2.24. The van der Waals surface area contributed by atoms with Crippen molar-refractivity contribution in [3.8, 4) is 11.4 Å². The topological polar surface area (TPSA) is 87.0 Å². The van der Waals surface area contributed by atoms with Crippen LogP contribution in [-0.4, -0.2) is 28.6 Å². The van der Waals surface area contributed by atoms with E-state index in [0.717, 1.165) is 11.1 Å².